The van der Waals surface area contributed by atoms with Crippen LogP contribution in [0, 0.1) is 56.4 Å². The second-order valence-electron chi connectivity index (χ2n) is 37.5. The summed E-state index contributed by atoms with van der Waals surface area (Å²) in [6, 6.07) is 13.3. The van der Waals surface area contributed by atoms with Crippen molar-refractivity contribution in [1.29, 1.82) is 0 Å². The lowest BCUT2D eigenvalue weighted by Crippen LogP contribution is -2.44. The van der Waals surface area contributed by atoms with Gasteiger partial charge in [0.1, 0.15) is 52.6 Å². The van der Waals surface area contributed by atoms with Gasteiger partial charge in [-0.2, -0.15) is 0 Å². The number of hydrogen-bond acceptors (Lipinski definition) is 26. The number of rotatable bonds is 17. The van der Waals surface area contributed by atoms with Gasteiger partial charge in [0.2, 0.25) is 23.0 Å². The highest BCUT2D eigenvalue weighted by molar-refractivity contribution is 6.36. The molecule has 4 aliphatic rings. The topological polar surface area (TPSA) is 518 Å². The van der Waals surface area contributed by atoms with Crippen LogP contribution in [-0.4, -0.2) is 279 Å². The Hall–Kier alpha value is -15.1. The average molecular weight is 2000 g/mol. The number of halogens is 4. The van der Waals surface area contributed by atoms with Crippen LogP contribution in [0.3, 0.4) is 0 Å². The minimum atomic E-state index is -0.976. The van der Waals surface area contributed by atoms with Crippen molar-refractivity contribution in [3.63, 3.8) is 0 Å². The Morgan fingerprint density at radius 1 is 0.385 bits per heavy atom. The first-order valence-electron chi connectivity index (χ1n) is 45.5. The van der Waals surface area contributed by atoms with E-state index in [1.807, 2.05) is 13.8 Å². The van der Waals surface area contributed by atoms with Crippen molar-refractivity contribution in [2.24, 2.45) is 5.41 Å². The van der Waals surface area contributed by atoms with E-state index in [0.717, 1.165) is 29.1 Å². The van der Waals surface area contributed by atoms with E-state index in [1.54, 1.807) is 78.8 Å². The van der Waals surface area contributed by atoms with Crippen molar-refractivity contribution in [2.45, 2.75) is 188 Å². The van der Waals surface area contributed by atoms with Crippen LogP contribution in [0.1, 0.15) is 226 Å². The highest BCUT2D eigenvalue weighted by Crippen LogP contribution is 2.40. The van der Waals surface area contributed by atoms with E-state index in [2.05, 4.69) is 41.2 Å². The molecule has 4 aliphatic heterocycles. The fourth-order valence-electron chi connectivity index (χ4n) is 16.2. The third-order valence-corrected chi connectivity index (χ3v) is 25.1. The third kappa shape index (κ3) is 25.6. The number of nitrogens with zero attached hydrogens (tertiary/aromatic N) is 16. The number of nitrogens with one attached hydrogen (secondary N) is 4. The summed E-state index contributed by atoms with van der Waals surface area (Å²) in [5.41, 5.74) is -2.56. The number of carbonyl (C=O) groups is 12. The number of fused-ring (bicyclic) bond motifs is 4. The molecule has 7 atom stereocenters. The fourth-order valence-corrected chi connectivity index (χ4v) is 16.2. The molecule has 0 aliphatic carbocycles. The van der Waals surface area contributed by atoms with E-state index < -0.39 is 181 Å². The number of benzene rings is 4. The van der Waals surface area contributed by atoms with Gasteiger partial charge in [-0.05, 0) is 168 Å². The molecule has 12 rings (SSSR count). The van der Waals surface area contributed by atoms with Gasteiger partial charge in [0, 0.05) is 130 Å². The molecule has 0 saturated carbocycles. The van der Waals surface area contributed by atoms with Gasteiger partial charge < -0.3 is 90.4 Å². The molecule has 0 radical (unpaired) electrons. The number of methoxy groups -OCH3 is 1. The number of hydrogen-bond donors (Lipinski definition) is 8. The molecule has 4 aromatic heterocycles. The number of likely N-dealkylation sites (N-methyl/N-ethyl adjacent to an activating group) is 8. The number of carbonyl (C=O) groups excluding carboxylic acids is 12. The summed E-state index contributed by atoms with van der Waals surface area (Å²) in [4.78, 5) is 231. The predicted octanol–water partition coefficient (Wildman–Crippen LogP) is 5.01. The van der Waals surface area contributed by atoms with E-state index in [-0.39, 0.29) is 111 Å². The first-order valence-corrected chi connectivity index (χ1v) is 45.5. The number of ether oxygens (including phenoxy) is 2. The molecule has 0 saturated heterocycles. The highest BCUT2D eigenvalue weighted by atomic mass is 19.1. The number of aryl methyl sites for hydroxylation is 4. The van der Waals surface area contributed by atoms with E-state index in [1.165, 1.54) is 163 Å². The van der Waals surface area contributed by atoms with Gasteiger partial charge in [-0.15, -0.1) is 0 Å². The van der Waals surface area contributed by atoms with Crippen LogP contribution in [-0.2, 0) is 87.1 Å². The number of amides is 12. The van der Waals surface area contributed by atoms with Gasteiger partial charge in [0.05, 0.1) is 49.5 Å². The Balaban J connectivity index is 0.000000213. The van der Waals surface area contributed by atoms with Crippen molar-refractivity contribution < 1.29 is 105 Å². The summed E-state index contributed by atoms with van der Waals surface area (Å²) in [7, 11) is 18.8. The molecule has 7 unspecified atom stereocenters. The quantitative estimate of drug-likeness (QED) is 0.0438. The molecule has 8 heterocycles. The van der Waals surface area contributed by atoms with Gasteiger partial charge in [-0.1, -0.05) is 62.4 Å². The minimum Gasteiger partial charge on any atom is -0.501 e. The molecular weight excluding hydrogens is 1870 g/mol. The second kappa shape index (κ2) is 46.5. The van der Waals surface area contributed by atoms with E-state index >= 15 is 0 Å². The molecule has 0 spiro atoms. The van der Waals surface area contributed by atoms with Crippen molar-refractivity contribution in [3.8, 4) is 23.0 Å². The van der Waals surface area contributed by atoms with Crippen molar-refractivity contribution >= 4 is 70.9 Å². The van der Waals surface area contributed by atoms with Crippen molar-refractivity contribution in [1.82, 2.24) is 98.7 Å². The van der Waals surface area contributed by atoms with Gasteiger partial charge in [-0.3, -0.25) is 95.0 Å². The Kier molecular flexibility index (Phi) is 36.3. The molecule has 8 N–H and O–H groups in total. The maximum absolute atomic E-state index is 13.8. The van der Waals surface area contributed by atoms with Gasteiger partial charge in [-0.25, -0.2) is 37.5 Å². The summed E-state index contributed by atoms with van der Waals surface area (Å²) >= 11 is 0. The lowest BCUT2D eigenvalue weighted by Gasteiger charge is -2.29. The lowest BCUT2D eigenvalue weighted by molar-refractivity contribution is -0.151. The summed E-state index contributed by atoms with van der Waals surface area (Å²) in [6.07, 6.45) is 3.29. The summed E-state index contributed by atoms with van der Waals surface area (Å²) in [6.45, 7) is 15.7. The number of aromatic hydroxyl groups is 4. The highest BCUT2D eigenvalue weighted by Gasteiger charge is 2.44. The van der Waals surface area contributed by atoms with Crippen molar-refractivity contribution in [3.05, 3.63) is 228 Å². The van der Waals surface area contributed by atoms with Crippen LogP contribution in [0.25, 0.3) is 0 Å². The average Bonchev–Trinajstić information content (AvgIpc) is 1.68. The maximum atomic E-state index is 13.8. The fraction of sp³-hybridized carbons (Fsp3) is 0.464. The van der Waals surface area contributed by atoms with Crippen molar-refractivity contribution in [2.75, 3.05) is 105 Å². The molecule has 143 heavy (non-hydrogen) atoms. The van der Waals surface area contributed by atoms with E-state index in [0.29, 0.717) is 83.0 Å². The molecule has 46 heteroatoms. The standard InChI is InChI=1S/C25H32FN5O6.C25H32FN5O5.C24H30FN5O5.C23H28FN5O6/c1-14-11-15(7-8-16(14)26)12-27-21(33)18-19(32)22(34)31-13-25(2,37-6)10-9-17(20(31)28-18)30(5)24(36)23(35)29(3)4;1-14-11-15(7-8-16(14)26)12-27-21(33)18-19(32)22(34)31-13-25(2,3)10-9-17(20(31)28-18)30(6)24(36)23(35)29(4)5;1-13-9-10-15(11-16(13)25)12-26-21(32)18-19(31)22(33)30-14(2)7-6-8-17(20(30)27-18)29(5)24(35)23(34)28(3)4;1-12-8-14(6-7-15(12)24)9-25-20(31)17-18(30)21(32)29-13(2)10-35-11-16(19(29)26-17)28(5)23(34)22(33)27(3)4/h7-8,11,17,32H,9-10,12-13H2,1-6H3,(H,27,33);7-8,11,17,32H,9-10,12-13H2,1-6H3,(H,27,33);9-11,14,17,31H,6-8,12H2,1-5H3,(H,26,32);6-8,13,16,30H,9-11H2,1-5H3,(H,25,31). The second-order valence-corrected chi connectivity index (χ2v) is 37.5. The summed E-state index contributed by atoms with van der Waals surface area (Å²) < 4.78 is 70.6. The monoisotopic (exact) mass is 1990 g/mol. The molecule has 4 aromatic carbocycles. The zero-order chi connectivity index (χ0) is 107. The normalized spacial score (nSPS) is 17.5. The van der Waals surface area contributed by atoms with Crippen LogP contribution < -0.4 is 43.5 Å². The molecule has 12 amide bonds. The van der Waals surface area contributed by atoms with Crippen LogP contribution >= 0.6 is 0 Å². The van der Waals surface area contributed by atoms with Crippen LogP contribution in [0.2, 0.25) is 0 Å². The summed E-state index contributed by atoms with van der Waals surface area (Å²) in [5.74, 6) is -14.1. The maximum Gasteiger partial charge on any atom is 0.312 e. The molecular formula is C97H122F4N20O22. The largest absolute Gasteiger partial charge is 0.501 e. The first-order chi connectivity index (χ1) is 66.9. The predicted molar refractivity (Wildman–Crippen MR) is 508 cm³/mol. The molecule has 42 nitrogen and oxygen atoms in total. The molecule has 770 valence electrons. The Bertz CT molecular complexity index is 6370. The molecule has 0 fully saturated rings. The van der Waals surface area contributed by atoms with Gasteiger partial charge in [0.15, 0.2) is 22.8 Å². The third-order valence-electron chi connectivity index (χ3n) is 25.1. The first kappa shape index (κ1) is 112. The Labute approximate surface area is 820 Å². The van der Waals surface area contributed by atoms with Crippen LogP contribution in [0.4, 0.5) is 17.6 Å². The SMILES string of the molecule is COC1(C)CCC(N(C)C(=O)C(=O)N(C)C)c2nc(C(=O)NCc3ccc(F)c(C)c3)c(O)c(=O)n2C1.Cc1cc(CNC(=O)c2nc3n(c(=O)c2O)C(C)COCC3N(C)C(=O)C(=O)N(C)C)ccc1F.Cc1cc(CNC(=O)c2nc3n(c(=O)c2O)CC(C)(C)CCC3N(C)C(=O)C(=O)N(C)C)ccc1F.Cc1ccc(CNC(=O)c2nc3n(c(=O)c2O)C(C)CCCC3N(C)C(=O)C(=O)N(C)C)cc1F. The van der Waals surface area contributed by atoms with Crippen LogP contribution in [0.5, 0.6) is 23.0 Å². The molecule has 0 bridgehead atoms. The van der Waals surface area contributed by atoms with E-state index in [4.69, 9.17) is 9.47 Å². The Morgan fingerprint density at radius 3 is 1.04 bits per heavy atom. The smallest absolute Gasteiger partial charge is 0.312 e. The lowest BCUT2D eigenvalue weighted by atomic mass is 9.87. The zero-order valence-corrected chi connectivity index (χ0v) is 83.8. The van der Waals surface area contributed by atoms with Gasteiger partial charge >= 0.3 is 47.3 Å². The molecule has 8 aromatic rings. The zero-order valence-electron chi connectivity index (χ0n) is 83.8. The minimum absolute atomic E-state index is 0.000388. The van der Waals surface area contributed by atoms with Crippen LogP contribution in [0.15, 0.2) is 92.0 Å². The summed E-state index contributed by atoms with van der Waals surface area (Å²) in [5, 5.41) is 52.6. The van der Waals surface area contributed by atoms with Gasteiger partial charge in [0.25, 0.3) is 45.9 Å². The Morgan fingerprint density at radius 2 is 0.692 bits per heavy atom. The number of aromatic nitrogens is 8. The van der Waals surface area contributed by atoms with E-state index in [9.17, 15) is 115 Å².